The van der Waals surface area contributed by atoms with Crippen molar-refractivity contribution in [1.29, 1.82) is 0 Å². The zero-order valence-electron chi connectivity index (χ0n) is 17.6. The number of aryl methyl sites for hydroxylation is 1. The fourth-order valence-corrected chi connectivity index (χ4v) is 4.85. The lowest BCUT2D eigenvalue weighted by Crippen LogP contribution is -2.47. The van der Waals surface area contributed by atoms with Crippen molar-refractivity contribution in [3.8, 4) is 11.5 Å². The lowest BCUT2D eigenvalue weighted by molar-refractivity contribution is -0.118. The van der Waals surface area contributed by atoms with Gasteiger partial charge in [-0.2, -0.15) is 4.72 Å². The number of aromatic amines is 1. The van der Waals surface area contributed by atoms with Gasteiger partial charge in [0.15, 0.2) is 11.5 Å². The summed E-state index contributed by atoms with van der Waals surface area (Å²) in [5, 5.41) is 3.79. The molecule has 1 amide bonds. The van der Waals surface area contributed by atoms with Gasteiger partial charge in [0.25, 0.3) is 0 Å². The fraction of sp³-hybridized carbons (Fsp3) is 0.318. The standard InChI is InChI=1S/C22H25N3O5S/c1-13(2)21(22(26)24-16-4-6-18-15(11-16)10-14(3)23-18)25-31(27,28)17-5-7-19-20(12-17)30-9-8-29-19/h4-7,10-13,21,23,25H,8-9H2,1-3H3,(H,24,26)/t21-/m0/s1. The van der Waals surface area contributed by atoms with Crippen molar-refractivity contribution in [1.82, 2.24) is 9.71 Å². The van der Waals surface area contributed by atoms with E-state index in [1.807, 2.05) is 25.1 Å². The van der Waals surface area contributed by atoms with E-state index in [0.29, 0.717) is 30.4 Å². The summed E-state index contributed by atoms with van der Waals surface area (Å²) < 4.78 is 39.4. The Morgan fingerprint density at radius 1 is 1.03 bits per heavy atom. The molecule has 0 spiro atoms. The van der Waals surface area contributed by atoms with E-state index < -0.39 is 22.0 Å². The highest BCUT2D eigenvalue weighted by molar-refractivity contribution is 7.89. The number of aromatic nitrogens is 1. The molecule has 9 heteroatoms. The molecule has 3 aromatic rings. The first-order chi connectivity index (χ1) is 14.7. The van der Waals surface area contributed by atoms with Gasteiger partial charge >= 0.3 is 0 Å². The third kappa shape index (κ3) is 4.52. The van der Waals surface area contributed by atoms with Crippen LogP contribution in [0.3, 0.4) is 0 Å². The monoisotopic (exact) mass is 443 g/mol. The van der Waals surface area contributed by atoms with Gasteiger partial charge in [-0.05, 0) is 49.2 Å². The minimum atomic E-state index is -3.96. The molecule has 31 heavy (non-hydrogen) atoms. The number of benzene rings is 2. The van der Waals surface area contributed by atoms with Crippen molar-refractivity contribution in [2.24, 2.45) is 5.92 Å². The van der Waals surface area contributed by atoms with Crippen LogP contribution in [0.5, 0.6) is 11.5 Å². The summed E-state index contributed by atoms with van der Waals surface area (Å²) in [5.74, 6) is 0.168. The van der Waals surface area contributed by atoms with Crippen LogP contribution in [0.25, 0.3) is 10.9 Å². The van der Waals surface area contributed by atoms with E-state index in [1.165, 1.54) is 12.1 Å². The number of fused-ring (bicyclic) bond motifs is 2. The molecule has 0 saturated carbocycles. The Morgan fingerprint density at radius 2 is 1.77 bits per heavy atom. The summed E-state index contributed by atoms with van der Waals surface area (Å²) in [7, 11) is -3.96. The van der Waals surface area contributed by atoms with Gasteiger partial charge in [0.05, 0.1) is 4.90 Å². The quantitative estimate of drug-likeness (QED) is 0.542. The van der Waals surface area contributed by atoms with Crippen LogP contribution in [-0.2, 0) is 14.8 Å². The third-order valence-corrected chi connectivity index (χ3v) is 6.52. The number of anilines is 1. The molecule has 1 aliphatic heterocycles. The summed E-state index contributed by atoms with van der Waals surface area (Å²) in [6.07, 6.45) is 0. The zero-order valence-corrected chi connectivity index (χ0v) is 18.4. The fourth-order valence-electron chi connectivity index (χ4n) is 3.49. The summed E-state index contributed by atoms with van der Waals surface area (Å²) in [6, 6.07) is 10.9. The predicted molar refractivity (Wildman–Crippen MR) is 118 cm³/mol. The number of hydrogen-bond acceptors (Lipinski definition) is 5. The Bertz CT molecular complexity index is 1230. The highest BCUT2D eigenvalue weighted by Gasteiger charge is 2.29. The zero-order chi connectivity index (χ0) is 22.2. The van der Waals surface area contributed by atoms with Gasteiger partial charge < -0.3 is 19.8 Å². The Balaban J connectivity index is 1.54. The maximum atomic E-state index is 13.0. The van der Waals surface area contributed by atoms with Crippen LogP contribution < -0.4 is 19.5 Å². The van der Waals surface area contributed by atoms with Crippen LogP contribution in [0.2, 0.25) is 0 Å². The van der Waals surface area contributed by atoms with Crippen LogP contribution in [0, 0.1) is 12.8 Å². The van der Waals surface area contributed by atoms with Crippen LogP contribution >= 0.6 is 0 Å². The Hall–Kier alpha value is -3.04. The van der Waals surface area contributed by atoms with Gasteiger partial charge in [-0.25, -0.2) is 8.42 Å². The number of sulfonamides is 1. The lowest BCUT2D eigenvalue weighted by Gasteiger charge is -2.23. The first-order valence-corrected chi connectivity index (χ1v) is 11.5. The van der Waals surface area contributed by atoms with E-state index in [-0.39, 0.29) is 10.8 Å². The van der Waals surface area contributed by atoms with E-state index in [0.717, 1.165) is 16.6 Å². The molecule has 3 N–H and O–H groups in total. The third-order valence-electron chi connectivity index (χ3n) is 5.08. The van der Waals surface area contributed by atoms with Crippen molar-refractivity contribution in [3.05, 3.63) is 48.2 Å². The second kappa shape index (κ2) is 8.24. The number of ether oxygens (including phenoxy) is 2. The maximum Gasteiger partial charge on any atom is 0.242 e. The van der Waals surface area contributed by atoms with E-state index in [2.05, 4.69) is 15.0 Å². The first kappa shape index (κ1) is 21.2. The molecule has 1 aliphatic rings. The molecule has 0 bridgehead atoms. The van der Waals surface area contributed by atoms with Gasteiger partial charge in [-0.1, -0.05) is 13.8 Å². The molecule has 0 fully saturated rings. The number of H-pyrrole nitrogens is 1. The van der Waals surface area contributed by atoms with Crippen LogP contribution in [-0.4, -0.2) is 38.6 Å². The van der Waals surface area contributed by atoms with Crippen LogP contribution in [0.4, 0.5) is 5.69 Å². The van der Waals surface area contributed by atoms with E-state index in [1.54, 1.807) is 26.0 Å². The number of carbonyl (C=O) groups is 1. The molecule has 1 atom stereocenters. The molecule has 2 heterocycles. The second-order valence-electron chi connectivity index (χ2n) is 7.89. The molecular formula is C22H25N3O5S. The first-order valence-electron chi connectivity index (χ1n) is 10.1. The molecule has 8 nitrogen and oxygen atoms in total. The van der Waals surface area contributed by atoms with E-state index >= 15 is 0 Å². The van der Waals surface area contributed by atoms with Crippen molar-refractivity contribution < 1.29 is 22.7 Å². The smallest absolute Gasteiger partial charge is 0.242 e. The van der Waals surface area contributed by atoms with Gasteiger partial charge in [0.1, 0.15) is 19.3 Å². The van der Waals surface area contributed by atoms with Crippen LogP contribution in [0.15, 0.2) is 47.4 Å². The molecular weight excluding hydrogens is 418 g/mol. The molecule has 2 aromatic carbocycles. The predicted octanol–water partition coefficient (Wildman–Crippen LogP) is 3.19. The SMILES string of the molecule is Cc1cc2cc(NC(=O)[C@@H](NS(=O)(=O)c3ccc4c(c3)OCCO4)C(C)C)ccc2[nH]1. The summed E-state index contributed by atoms with van der Waals surface area (Å²) in [5.41, 5.74) is 2.58. The lowest BCUT2D eigenvalue weighted by atomic mass is 10.0. The summed E-state index contributed by atoms with van der Waals surface area (Å²) in [4.78, 5) is 16.2. The largest absolute Gasteiger partial charge is 0.486 e. The molecule has 1 aromatic heterocycles. The number of hydrogen-bond donors (Lipinski definition) is 3. The maximum absolute atomic E-state index is 13.0. The Kier molecular flexibility index (Phi) is 5.63. The normalized spacial score (nSPS) is 14.6. The topological polar surface area (TPSA) is 110 Å². The second-order valence-corrected chi connectivity index (χ2v) is 9.61. The van der Waals surface area contributed by atoms with E-state index in [9.17, 15) is 13.2 Å². The molecule has 4 rings (SSSR count). The van der Waals surface area contributed by atoms with Gasteiger partial charge in [0, 0.05) is 28.4 Å². The highest BCUT2D eigenvalue weighted by Crippen LogP contribution is 2.32. The van der Waals surface area contributed by atoms with E-state index in [4.69, 9.17) is 9.47 Å². The molecule has 0 unspecified atom stereocenters. The molecule has 0 radical (unpaired) electrons. The highest BCUT2D eigenvalue weighted by atomic mass is 32.2. The number of amides is 1. The molecule has 164 valence electrons. The summed E-state index contributed by atoms with van der Waals surface area (Å²) in [6.45, 7) is 6.30. The van der Waals surface area contributed by atoms with Crippen molar-refractivity contribution >= 4 is 32.5 Å². The Labute approximate surface area is 181 Å². The number of rotatable bonds is 6. The summed E-state index contributed by atoms with van der Waals surface area (Å²) >= 11 is 0. The number of carbonyl (C=O) groups excluding carboxylic acids is 1. The van der Waals surface area contributed by atoms with Crippen LogP contribution in [0.1, 0.15) is 19.5 Å². The van der Waals surface area contributed by atoms with Crippen molar-refractivity contribution in [2.45, 2.75) is 31.7 Å². The van der Waals surface area contributed by atoms with Gasteiger partial charge in [0.2, 0.25) is 15.9 Å². The number of nitrogens with one attached hydrogen (secondary N) is 3. The van der Waals surface area contributed by atoms with Crippen molar-refractivity contribution in [2.75, 3.05) is 18.5 Å². The van der Waals surface area contributed by atoms with Gasteiger partial charge in [-0.3, -0.25) is 4.79 Å². The van der Waals surface area contributed by atoms with Gasteiger partial charge in [-0.15, -0.1) is 0 Å². The minimum Gasteiger partial charge on any atom is -0.486 e. The average molecular weight is 444 g/mol. The van der Waals surface area contributed by atoms with Crippen molar-refractivity contribution in [3.63, 3.8) is 0 Å². The minimum absolute atomic E-state index is 0.0133. The molecule has 0 aliphatic carbocycles. The Morgan fingerprint density at radius 3 is 2.52 bits per heavy atom. The average Bonchev–Trinajstić information content (AvgIpc) is 3.10. The molecule has 0 saturated heterocycles.